The van der Waals surface area contributed by atoms with Gasteiger partial charge in [-0.3, -0.25) is 14.5 Å². The van der Waals surface area contributed by atoms with Crippen LogP contribution in [0.5, 0.6) is 0 Å². The van der Waals surface area contributed by atoms with Crippen LogP contribution in [0.3, 0.4) is 0 Å². The molecule has 40 heavy (non-hydrogen) atoms. The van der Waals surface area contributed by atoms with Crippen molar-refractivity contribution >= 4 is 33.9 Å². The zero-order valence-electron chi connectivity index (χ0n) is 22.0. The Bertz CT molecular complexity index is 1630. The lowest BCUT2D eigenvalue weighted by Gasteiger charge is -2.27. The summed E-state index contributed by atoms with van der Waals surface area (Å²) in [5.41, 5.74) is 2.41. The number of hydrogen-bond acceptors (Lipinski definition) is 6. The third-order valence-electron chi connectivity index (χ3n) is 6.78. The zero-order chi connectivity index (χ0) is 28.4. The lowest BCUT2D eigenvalue weighted by Crippen LogP contribution is -2.35. The van der Waals surface area contributed by atoms with Crippen LogP contribution in [0.4, 0.5) is 30.2 Å². The number of carbonyl (C=O) groups excluding carboxylic acids is 1. The summed E-state index contributed by atoms with van der Waals surface area (Å²) >= 11 is 0. The molecule has 0 spiro atoms. The molecular formula is C29H28F3N5O3. The van der Waals surface area contributed by atoms with Gasteiger partial charge in [-0.15, -0.1) is 0 Å². The second-order valence-corrected chi connectivity index (χ2v) is 9.81. The molecule has 1 amide bonds. The summed E-state index contributed by atoms with van der Waals surface area (Å²) < 4.78 is 47.7. The van der Waals surface area contributed by atoms with Crippen LogP contribution in [-0.2, 0) is 24.5 Å². The highest BCUT2D eigenvalue weighted by atomic mass is 19.4. The number of benzene rings is 3. The minimum atomic E-state index is -4.56. The van der Waals surface area contributed by atoms with Gasteiger partial charge in [-0.1, -0.05) is 6.07 Å². The fourth-order valence-corrected chi connectivity index (χ4v) is 4.58. The summed E-state index contributed by atoms with van der Waals surface area (Å²) in [6.45, 7) is 4.48. The number of halogens is 3. The molecule has 1 aliphatic rings. The molecule has 0 saturated carbocycles. The standard InChI is InChI=1S/C29H28F3N5O3/c1-18-3-4-20(13-26(18)34-22-5-6-25-24(15-22)28(39)36(2)17-33-25)27(38)35-23-12-19(11-21(14-23)29(30,31)32)16-37-7-9-40-10-8-37/h3-6,11-15,17,34H,7-10,16H2,1-2H3,(H,35,38). The summed E-state index contributed by atoms with van der Waals surface area (Å²) in [6, 6.07) is 13.8. The predicted molar refractivity (Wildman–Crippen MR) is 147 cm³/mol. The average molecular weight is 552 g/mol. The van der Waals surface area contributed by atoms with Crippen molar-refractivity contribution in [3.05, 3.63) is 93.5 Å². The molecule has 0 aliphatic carbocycles. The Morgan fingerprint density at radius 3 is 2.55 bits per heavy atom. The fourth-order valence-electron chi connectivity index (χ4n) is 4.58. The number of hydrogen-bond donors (Lipinski definition) is 2. The highest BCUT2D eigenvalue weighted by molar-refractivity contribution is 6.05. The van der Waals surface area contributed by atoms with Gasteiger partial charge < -0.3 is 19.9 Å². The molecule has 2 N–H and O–H groups in total. The highest BCUT2D eigenvalue weighted by Crippen LogP contribution is 2.33. The van der Waals surface area contributed by atoms with Crippen LogP contribution in [0.2, 0.25) is 0 Å². The number of alkyl halides is 3. The number of anilines is 3. The molecule has 5 rings (SSSR count). The highest BCUT2D eigenvalue weighted by Gasteiger charge is 2.31. The zero-order valence-corrected chi connectivity index (χ0v) is 22.0. The molecule has 2 heterocycles. The van der Waals surface area contributed by atoms with E-state index in [0.29, 0.717) is 60.7 Å². The van der Waals surface area contributed by atoms with E-state index in [1.807, 2.05) is 11.8 Å². The van der Waals surface area contributed by atoms with Gasteiger partial charge in [0.1, 0.15) is 0 Å². The Balaban J connectivity index is 1.39. The van der Waals surface area contributed by atoms with Crippen molar-refractivity contribution in [2.75, 3.05) is 36.9 Å². The topological polar surface area (TPSA) is 88.5 Å². The van der Waals surface area contributed by atoms with Gasteiger partial charge in [-0.2, -0.15) is 13.2 Å². The van der Waals surface area contributed by atoms with Gasteiger partial charge in [-0.25, -0.2) is 4.98 Å². The second kappa shape index (κ2) is 11.1. The van der Waals surface area contributed by atoms with Crippen LogP contribution < -0.4 is 16.2 Å². The Morgan fingerprint density at radius 2 is 1.80 bits per heavy atom. The maximum atomic E-state index is 13.7. The number of rotatable bonds is 6. The molecule has 4 aromatic rings. The van der Waals surface area contributed by atoms with E-state index in [1.165, 1.54) is 10.9 Å². The number of morpholine rings is 1. The number of carbonyl (C=O) groups is 1. The first-order chi connectivity index (χ1) is 19.1. The Morgan fingerprint density at radius 1 is 1.02 bits per heavy atom. The molecular weight excluding hydrogens is 523 g/mol. The van der Waals surface area contributed by atoms with Crippen LogP contribution in [0.1, 0.15) is 27.0 Å². The van der Waals surface area contributed by atoms with Gasteiger partial charge in [-0.05, 0) is 66.6 Å². The smallest absolute Gasteiger partial charge is 0.379 e. The first-order valence-corrected chi connectivity index (χ1v) is 12.7. The van der Waals surface area contributed by atoms with E-state index < -0.39 is 17.6 Å². The monoisotopic (exact) mass is 551 g/mol. The molecule has 1 fully saturated rings. The first-order valence-electron chi connectivity index (χ1n) is 12.7. The number of amides is 1. The molecule has 0 radical (unpaired) electrons. The fraction of sp³-hybridized carbons (Fsp3) is 0.276. The van der Waals surface area contributed by atoms with Crippen molar-refractivity contribution in [3.8, 4) is 0 Å². The van der Waals surface area contributed by atoms with Gasteiger partial charge in [0.25, 0.3) is 11.5 Å². The van der Waals surface area contributed by atoms with Crippen molar-refractivity contribution in [2.45, 2.75) is 19.6 Å². The van der Waals surface area contributed by atoms with E-state index in [2.05, 4.69) is 15.6 Å². The van der Waals surface area contributed by atoms with Gasteiger partial charge in [0, 0.05) is 49.3 Å². The quantitative estimate of drug-likeness (QED) is 0.347. The number of nitrogens with one attached hydrogen (secondary N) is 2. The van der Waals surface area contributed by atoms with Gasteiger partial charge >= 0.3 is 6.18 Å². The molecule has 0 unspecified atom stereocenters. The lowest BCUT2D eigenvalue weighted by atomic mass is 10.1. The van der Waals surface area contributed by atoms with Gasteiger partial charge in [0.15, 0.2) is 0 Å². The Kier molecular flexibility index (Phi) is 7.59. The van der Waals surface area contributed by atoms with Crippen molar-refractivity contribution in [1.29, 1.82) is 0 Å². The minimum Gasteiger partial charge on any atom is -0.379 e. The number of nitrogens with zero attached hydrogens (tertiary/aromatic N) is 3. The molecule has 0 atom stereocenters. The van der Waals surface area contributed by atoms with E-state index >= 15 is 0 Å². The third kappa shape index (κ3) is 6.16. The number of aryl methyl sites for hydroxylation is 2. The van der Waals surface area contributed by atoms with E-state index in [1.54, 1.807) is 49.5 Å². The van der Waals surface area contributed by atoms with E-state index in [0.717, 1.165) is 17.7 Å². The van der Waals surface area contributed by atoms with E-state index in [9.17, 15) is 22.8 Å². The molecule has 0 bridgehead atoms. The van der Waals surface area contributed by atoms with E-state index in [4.69, 9.17) is 4.74 Å². The maximum absolute atomic E-state index is 13.7. The summed E-state index contributed by atoms with van der Waals surface area (Å²) in [7, 11) is 1.62. The van der Waals surface area contributed by atoms with Crippen LogP contribution >= 0.6 is 0 Å². The molecule has 8 nitrogen and oxygen atoms in total. The summed E-state index contributed by atoms with van der Waals surface area (Å²) in [5.74, 6) is -0.545. The van der Waals surface area contributed by atoms with E-state index in [-0.39, 0.29) is 16.8 Å². The maximum Gasteiger partial charge on any atom is 0.416 e. The predicted octanol–water partition coefficient (Wildman–Crippen LogP) is 5.09. The molecule has 11 heteroatoms. The van der Waals surface area contributed by atoms with Crippen molar-refractivity contribution in [1.82, 2.24) is 14.5 Å². The minimum absolute atomic E-state index is 0.0658. The molecule has 1 aliphatic heterocycles. The van der Waals surface area contributed by atoms with Crippen LogP contribution in [0.25, 0.3) is 10.9 Å². The van der Waals surface area contributed by atoms with Gasteiger partial charge in [0.05, 0.1) is 36.0 Å². The molecule has 1 aromatic heterocycles. The number of ether oxygens (including phenoxy) is 1. The summed E-state index contributed by atoms with van der Waals surface area (Å²) in [4.78, 5) is 31.9. The number of fused-ring (bicyclic) bond motifs is 1. The third-order valence-corrected chi connectivity index (χ3v) is 6.78. The SMILES string of the molecule is Cc1ccc(C(=O)Nc2cc(CN3CCOCC3)cc(C(F)(F)F)c2)cc1Nc1ccc2ncn(C)c(=O)c2c1. The number of aromatic nitrogens is 2. The van der Waals surface area contributed by atoms with Gasteiger partial charge in [0.2, 0.25) is 0 Å². The van der Waals surface area contributed by atoms with Crippen molar-refractivity contribution < 1.29 is 22.7 Å². The van der Waals surface area contributed by atoms with Crippen molar-refractivity contribution in [2.24, 2.45) is 7.05 Å². The molecule has 3 aromatic carbocycles. The van der Waals surface area contributed by atoms with Crippen LogP contribution in [0, 0.1) is 6.92 Å². The lowest BCUT2D eigenvalue weighted by molar-refractivity contribution is -0.137. The normalized spacial score (nSPS) is 14.3. The second-order valence-electron chi connectivity index (χ2n) is 9.81. The Labute approximate surface area is 228 Å². The van der Waals surface area contributed by atoms with Crippen LogP contribution in [0.15, 0.2) is 65.7 Å². The summed E-state index contributed by atoms with van der Waals surface area (Å²) in [5, 5.41) is 6.31. The summed E-state index contributed by atoms with van der Waals surface area (Å²) in [6.07, 6.45) is -3.10. The Hall–Kier alpha value is -4.22. The molecule has 1 saturated heterocycles. The average Bonchev–Trinajstić information content (AvgIpc) is 2.92. The van der Waals surface area contributed by atoms with Crippen molar-refractivity contribution in [3.63, 3.8) is 0 Å². The molecule has 208 valence electrons. The van der Waals surface area contributed by atoms with Crippen LogP contribution in [-0.4, -0.2) is 46.7 Å². The largest absolute Gasteiger partial charge is 0.416 e. The first kappa shape index (κ1) is 27.4.